The van der Waals surface area contributed by atoms with Crippen LogP contribution in [-0.4, -0.2) is 12.2 Å². The van der Waals surface area contributed by atoms with E-state index in [-0.39, 0.29) is 6.61 Å². The van der Waals surface area contributed by atoms with Gasteiger partial charge in [0, 0.05) is 10.0 Å². The Morgan fingerprint density at radius 2 is 2.15 bits per heavy atom. The first-order valence-corrected chi connectivity index (χ1v) is 4.98. The van der Waals surface area contributed by atoms with Gasteiger partial charge in [0.15, 0.2) is 0 Å². The summed E-state index contributed by atoms with van der Waals surface area (Å²) in [4.78, 5) is 0. The number of ether oxygens (including phenoxy) is 1. The average Bonchev–Trinajstić information content (AvgIpc) is 2.10. The maximum absolute atomic E-state index is 9.04. The van der Waals surface area contributed by atoms with Gasteiger partial charge in [-0.1, -0.05) is 23.2 Å². The summed E-state index contributed by atoms with van der Waals surface area (Å²) in [6, 6.07) is 1.63. The number of halogens is 3. The Hall–Kier alpha value is 0.0400. The van der Waals surface area contributed by atoms with Crippen molar-refractivity contribution in [1.29, 1.82) is 0 Å². The fraction of sp³-hybridized carbons (Fsp3) is 0.250. The fourth-order valence-electron chi connectivity index (χ4n) is 0.990. The van der Waals surface area contributed by atoms with E-state index < -0.39 is 0 Å². The molecular formula is C8H7BrCl2O2. The van der Waals surface area contributed by atoms with E-state index in [1.807, 2.05) is 0 Å². The zero-order valence-electron chi connectivity index (χ0n) is 6.77. The summed E-state index contributed by atoms with van der Waals surface area (Å²) in [6.45, 7) is -0.207. The van der Waals surface area contributed by atoms with Crippen LogP contribution in [0.4, 0.5) is 0 Å². The normalized spacial score (nSPS) is 10.2. The number of benzene rings is 1. The number of rotatable bonds is 2. The minimum atomic E-state index is -0.207. The highest BCUT2D eigenvalue weighted by Crippen LogP contribution is 2.38. The lowest BCUT2D eigenvalue weighted by molar-refractivity contribution is 0.274. The number of aliphatic hydroxyl groups is 1. The average molecular weight is 286 g/mol. The molecule has 0 aliphatic rings. The molecule has 5 heteroatoms. The predicted molar refractivity (Wildman–Crippen MR) is 56.6 cm³/mol. The molecule has 0 atom stereocenters. The lowest BCUT2D eigenvalue weighted by Gasteiger charge is -2.11. The van der Waals surface area contributed by atoms with Crippen molar-refractivity contribution < 1.29 is 9.84 Å². The molecule has 72 valence electrons. The van der Waals surface area contributed by atoms with Crippen LogP contribution in [0.3, 0.4) is 0 Å². The van der Waals surface area contributed by atoms with E-state index in [1.54, 1.807) is 6.07 Å². The second-order valence-corrected chi connectivity index (χ2v) is 3.96. The lowest BCUT2D eigenvalue weighted by Crippen LogP contribution is -1.94. The van der Waals surface area contributed by atoms with Gasteiger partial charge in [0.1, 0.15) is 5.75 Å². The Kier molecular flexibility index (Phi) is 3.86. The van der Waals surface area contributed by atoms with Gasteiger partial charge in [-0.25, -0.2) is 0 Å². The molecule has 0 aromatic heterocycles. The van der Waals surface area contributed by atoms with Gasteiger partial charge >= 0.3 is 0 Å². The van der Waals surface area contributed by atoms with E-state index in [0.717, 1.165) is 0 Å². The molecule has 0 saturated heterocycles. The molecule has 2 nitrogen and oxygen atoms in total. The number of aliphatic hydroxyl groups excluding tert-OH is 1. The Morgan fingerprint density at radius 1 is 1.54 bits per heavy atom. The van der Waals surface area contributed by atoms with Crippen LogP contribution in [0.2, 0.25) is 10.0 Å². The van der Waals surface area contributed by atoms with Crippen molar-refractivity contribution in [2.24, 2.45) is 0 Å². The number of hydrogen-bond acceptors (Lipinski definition) is 2. The molecule has 0 fully saturated rings. The summed E-state index contributed by atoms with van der Waals surface area (Å²) in [5.41, 5.74) is 0.489. The summed E-state index contributed by atoms with van der Waals surface area (Å²) in [7, 11) is 1.48. The third-order valence-corrected chi connectivity index (χ3v) is 3.15. The minimum absolute atomic E-state index is 0.207. The smallest absolute Gasteiger partial charge is 0.144 e. The zero-order valence-corrected chi connectivity index (χ0v) is 9.87. The van der Waals surface area contributed by atoms with Crippen molar-refractivity contribution in [2.45, 2.75) is 6.61 Å². The number of hydrogen-bond donors (Lipinski definition) is 1. The summed E-state index contributed by atoms with van der Waals surface area (Å²) in [5, 5.41) is 9.87. The Balaban J connectivity index is 3.41. The molecule has 1 aromatic rings. The quantitative estimate of drug-likeness (QED) is 0.845. The summed E-state index contributed by atoms with van der Waals surface area (Å²) in [6.07, 6.45) is 0. The zero-order chi connectivity index (χ0) is 10.0. The highest BCUT2D eigenvalue weighted by Gasteiger charge is 2.14. The van der Waals surface area contributed by atoms with Gasteiger partial charge < -0.3 is 9.84 Å². The molecule has 0 saturated carbocycles. The highest BCUT2D eigenvalue weighted by molar-refractivity contribution is 9.10. The first-order chi connectivity index (χ1) is 6.11. The molecule has 0 amide bonds. The van der Waals surface area contributed by atoms with Crippen LogP contribution in [0.5, 0.6) is 5.75 Å². The van der Waals surface area contributed by atoms with Gasteiger partial charge in [0.25, 0.3) is 0 Å². The van der Waals surface area contributed by atoms with E-state index in [4.69, 9.17) is 33.0 Å². The molecule has 1 rings (SSSR count). The molecule has 0 radical (unpaired) electrons. The van der Waals surface area contributed by atoms with Crippen molar-refractivity contribution in [3.63, 3.8) is 0 Å². The molecule has 0 bridgehead atoms. The van der Waals surface area contributed by atoms with E-state index in [2.05, 4.69) is 15.9 Å². The molecule has 0 aliphatic carbocycles. The molecule has 1 N–H and O–H groups in total. The van der Waals surface area contributed by atoms with Crippen LogP contribution < -0.4 is 4.74 Å². The predicted octanol–water partition coefficient (Wildman–Crippen LogP) is 3.26. The third kappa shape index (κ3) is 2.10. The van der Waals surface area contributed by atoms with Gasteiger partial charge in [-0.15, -0.1) is 0 Å². The van der Waals surface area contributed by atoms with Crippen molar-refractivity contribution in [2.75, 3.05) is 7.11 Å². The summed E-state index contributed by atoms with van der Waals surface area (Å²) in [5.74, 6) is 0.414. The second kappa shape index (κ2) is 4.51. The van der Waals surface area contributed by atoms with E-state index in [0.29, 0.717) is 25.8 Å². The van der Waals surface area contributed by atoms with Gasteiger partial charge in [-0.3, -0.25) is 0 Å². The largest absolute Gasteiger partial charge is 0.495 e. The highest BCUT2D eigenvalue weighted by atomic mass is 79.9. The molecule has 13 heavy (non-hydrogen) atoms. The van der Waals surface area contributed by atoms with Crippen LogP contribution in [-0.2, 0) is 6.61 Å². The maximum atomic E-state index is 9.04. The van der Waals surface area contributed by atoms with E-state index >= 15 is 0 Å². The molecule has 0 aliphatic heterocycles. The lowest BCUT2D eigenvalue weighted by atomic mass is 10.2. The Labute approximate surface area is 94.5 Å². The molecular weight excluding hydrogens is 279 g/mol. The molecule has 0 unspecified atom stereocenters. The van der Waals surface area contributed by atoms with Crippen LogP contribution in [0.15, 0.2) is 10.5 Å². The molecule has 1 aromatic carbocycles. The summed E-state index contributed by atoms with van der Waals surface area (Å²) >= 11 is 15.0. The number of methoxy groups -OCH3 is 1. The molecule has 0 spiro atoms. The van der Waals surface area contributed by atoms with Crippen LogP contribution in [0, 0.1) is 0 Å². The monoisotopic (exact) mass is 284 g/mol. The van der Waals surface area contributed by atoms with Crippen molar-refractivity contribution in [1.82, 2.24) is 0 Å². The van der Waals surface area contributed by atoms with Crippen molar-refractivity contribution in [3.8, 4) is 5.75 Å². The van der Waals surface area contributed by atoms with E-state index in [1.165, 1.54) is 7.11 Å². The maximum Gasteiger partial charge on any atom is 0.144 e. The van der Waals surface area contributed by atoms with Gasteiger partial charge in [0.2, 0.25) is 0 Å². The topological polar surface area (TPSA) is 29.5 Å². The van der Waals surface area contributed by atoms with Gasteiger partial charge in [0.05, 0.1) is 23.8 Å². The Morgan fingerprint density at radius 3 is 2.62 bits per heavy atom. The first-order valence-electron chi connectivity index (χ1n) is 3.43. The molecule has 0 heterocycles. The van der Waals surface area contributed by atoms with E-state index in [9.17, 15) is 0 Å². The fourth-order valence-corrected chi connectivity index (χ4v) is 2.09. The second-order valence-electron chi connectivity index (χ2n) is 2.32. The van der Waals surface area contributed by atoms with Crippen LogP contribution in [0.25, 0.3) is 0 Å². The SMILES string of the molecule is COc1c(Cl)cc(Br)c(Cl)c1CO. The minimum Gasteiger partial charge on any atom is -0.495 e. The standard InChI is InChI=1S/C8H7BrCl2O2/c1-13-8-4(3-12)7(11)5(9)2-6(8)10/h2,12H,3H2,1H3. The first kappa shape index (κ1) is 11.1. The van der Waals surface area contributed by atoms with Gasteiger partial charge in [-0.2, -0.15) is 0 Å². The Bertz CT molecular complexity index is 328. The van der Waals surface area contributed by atoms with Gasteiger partial charge in [-0.05, 0) is 22.0 Å². The van der Waals surface area contributed by atoms with Crippen LogP contribution >= 0.6 is 39.1 Å². The van der Waals surface area contributed by atoms with Crippen molar-refractivity contribution >= 4 is 39.1 Å². The third-order valence-electron chi connectivity index (χ3n) is 1.58. The summed E-state index contributed by atoms with van der Waals surface area (Å²) < 4.78 is 5.65. The van der Waals surface area contributed by atoms with Crippen LogP contribution in [0.1, 0.15) is 5.56 Å². The van der Waals surface area contributed by atoms with Crippen molar-refractivity contribution in [3.05, 3.63) is 26.1 Å².